The van der Waals surface area contributed by atoms with E-state index in [-0.39, 0.29) is 48.5 Å². The zero-order valence-corrected chi connectivity index (χ0v) is 43.4. The maximum atomic E-state index is 14.3. The zero-order chi connectivity index (χ0) is 49.1. The second kappa shape index (κ2) is 37.5. The summed E-state index contributed by atoms with van der Waals surface area (Å²) in [5.74, 6) is 0.0551. The molecule has 378 valence electrons. The van der Waals surface area contributed by atoms with Crippen LogP contribution in [-0.2, 0) is 24.0 Å². The number of carbonyl (C=O) groups excluding carboxylic acids is 6. The minimum absolute atomic E-state index is 0.0251. The standard InChI is InChI=1S/C46H86N12O6S2/c1-10-11-12-17-32-65-66-40-22-27-47-33-37(40)46(64)58(29-18-25-51-44(62)38(48-28-31-54(2)3)20-13-15-23-49-41(59)34-55(4)5)30-19-26-52-45(63)39(53-43(61)36-57(8)9)21-14-16-24-50-42(60)35-56(6)7/h22,27,33,38-39,48H,10-21,23-26,28-32,34-36H2,1-9H3,(H,49,59)(H,50,60)(H,51,62)(H,52,63)(H,53,61)/t38-,39?/m0/s1. The van der Waals surface area contributed by atoms with Crippen molar-refractivity contribution in [2.45, 2.75) is 101 Å². The summed E-state index contributed by atoms with van der Waals surface area (Å²) in [5, 5.41) is 18.2. The van der Waals surface area contributed by atoms with Crippen molar-refractivity contribution in [3.63, 3.8) is 0 Å². The quantitative estimate of drug-likeness (QED) is 0.0414. The van der Waals surface area contributed by atoms with Crippen molar-refractivity contribution in [2.75, 3.05) is 134 Å². The molecule has 66 heavy (non-hydrogen) atoms. The van der Waals surface area contributed by atoms with Crippen molar-refractivity contribution in [2.24, 2.45) is 0 Å². The molecule has 0 fully saturated rings. The lowest BCUT2D eigenvalue weighted by molar-refractivity contribution is -0.129. The Bertz CT molecular complexity index is 1540. The van der Waals surface area contributed by atoms with Gasteiger partial charge in [-0.25, -0.2) is 0 Å². The molecule has 1 heterocycles. The highest BCUT2D eigenvalue weighted by atomic mass is 33.1. The summed E-state index contributed by atoms with van der Waals surface area (Å²) in [4.78, 5) is 92.4. The third kappa shape index (κ3) is 30.7. The molecule has 20 heteroatoms. The van der Waals surface area contributed by atoms with Gasteiger partial charge in [0, 0.05) is 75.4 Å². The lowest BCUT2D eigenvalue weighted by Gasteiger charge is -2.25. The topological polar surface area (TPSA) is 204 Å². The number of hydrogen-bond acceptors (Lipinski definition) is 14. The highest BCUT2D eigenvalue weighted by molar-refractivity contribution is 8.76. The Morgan fingerprint density at radius 3 is 1.65 bits per heavy atom. The van der Waals surface area contributed by atoms with Gasteiger partial charge >= 0.3 is 0 Å². The number of rotatable bonds is 39. The average molecular weight is 967 g/mol. The van der Waals surface area contributed by atoms with Crippen molar-refractivity contribution in [1.29, 1.82) is 0 Å². The largest absolute Gasteiger partial charge is 0.355 e. The molecule has 0 bridgehead atoms. The molecule has 0 aliphatic carbocycles. The minimum Gasteiger partial charge on any atom is -0.355 e. The van der Waals surface area contributed by atoms with Gasteiger partial charge in [0.05, 0.1) is 31.2 Å². The molecule has 18 nitrogen and oxygen atoms in total. The van der Waals surface area contributed by atoms with Gasteiger partial charge in [-0.05, 0) is 120 Å². The molecule has 1 aromatic heterocycles. The molecule has 0 radical (unpaired) electrons. The van der Waals surface area contributed by atoms with Gasteiger partial charge in [0.15, 0.2) is 0 Å². The van der Waals surface area contributed by atoms with Crippen molar-refractivity contribution in [3.8, 4) is 0 Å². The molecular formula is C46H86N12O6S2. The molecule has 0 saturated heterocycles. The Labute approximate surface area is 404 Å². The van der Waals surface area contributed by atoms with E-state index in [4.69, 9.17) is 0 Å². The number of nitrogens with one attached hydrogen (secondary N) is 6. The second-order valence-electron chi connectivity index (χ2n) is 17.8. The summed E-state index contributed by atoms with van der Waals surface area (Å²) in [6.07, 6.45) is 12.8. The van der Waals surface area contributed by atoms with Crippen LogP contribution in [-0.4, -0.2) is 211 Å². The number of unbranched alkanes of at least 4 members (excludes halogenated alkanes) is 5. The Balaban J connectivity index is 3.02. The van der Waals surface area contributed by atoms with Gasteiger partial charge in [-0.2, -0.15) is 0 Å². The van der Waals surface area contributed by atoms with Gasteiger partial charge < -0.3 is 56.4 Å². The first-order valence-corrected chi connectivity index (χ1v) is 26.1. The molecule has 0 aliphatic heterocycles. The van der Waals surface area contributed by atoms with Crippen LogP contribution >= 0.6 is 21.6 Å². The third-order valence-corrected chi connectivity index (χ3v) is 12.6. The van der Waals surface area contributed by atoms with Crippen molar-refractivity contribution in [3.05, 3.63) is 24.0 Å². The number of likely N-dealkylation sites (N-methyl/N-ethyl adjacent to an activating group) is 4. The molecule has 0 aromatic carbocycles. The van der Waals surface area contributed by atoms with Gasteiger partial charge in [0.25, 0.3) is 5.91 Å². The van der Waals surface area contributed by atoms with Gasteiger partial charge in [-0.1, -0.05) is 47.8 Å². The Morgan fingerprint density at radius 2 is 1.11 bits per heavy atom. The summed E-state index contributed by atoms with van der Waals surface area (Å²) in [6, 6.07) is 0.726. The lowest BCUT2D eigenvalue weighted by Crippen LogP contribution is -2.49. The van der Waals surface area contributed by atoms with Crippen LogP contribution in [0.15, 0.2) is 23.4 Å². The van der Waals surface area contributed by atoms with Gasteiger partial charge in [-0.15, -0.1) is 0 Å². The molecule has 1 rings (SSSR count). The molecule has 1 aromatic rings. The van der Waals surface area contributed by atoms with Gasteiger partial charge in [0.1, 0.15) is 6.04 Å². The Hall–Kier alpha value is -3.53. The number of aromatic nitrogens is 1. The Morgan fingerprint density at radius 1 is 0.576 bits per heavy atom. The monoisotopic (exact) mass is 967 g/mol. The maximum Gasteiger partial charge on any atom is 0.256 e. The molecule has 6 amide bonds. The predicted octanol–water partition coefficient (Wildman–Crippen LogP) is 2.12. The van der Waals surface area contributed by atoms with E-state index in [9.17, 15) is 28.8 Å². The first kappa shape index (κ1) is 60.5. The zero-order valence-electron chi connectivity index (χ0n) is 41.8. The summed E-state index contributed by atoms with van der Waals surface area (Å²) >= 11 is 0. The maximum absolute atomic E-state index is 14.3. The molecule has 0 aliphatic rings. The van der Waals surface area contributed by atoms with Crippen molar-refractivity contribution in [1.82, 2.24) is 61.4 Å². The van der Waals surface area contributed by atoms with Crippen LogP contribution in [0.3, 0.4) is 0 Å². The summed E-state index contributed by atoms with van der Waals surface area (Å²) < 4.78 is 0. The number of pyridine rings is 1. The molecular weight excluding hydrogens is 881 g/mol. The van der Waals surface area contributed by atoms with E-state index in [1.807, 2.05) is 53.3 Å². The SMILES string of the molecule is CCCCCCSSc1ccncc1C(=O)N(CCCNC(=O)C(CCCCNC(=O)CN(C)C)NC(=O)CN(C)C)CCCNC(=O)[C@H](CCCCNC(=O)CN(C)C)NCCN(C)C. The minimum atomic E-state index is -0.749. The van der Waals surface area contributed by atoms with E-state index in [2.05, 4.69) is 48.7 Å². The van der Waals surface area contributed by atoms with Crippen molar-refractivity contribution < 1.29 is 28.8 Å². The number of carbonyl (C=O) groups is 6. The summed E-state index contributed by atoms with van der Waals surface area (Å²) in [7, 11) is 18.2. The molecule has 0 saturated carbocycles. The van der Waals surface area contributed by atoms with E-state index >= 15 is 0 Å². The van der Waals surface area contributed by atoms with Gasteiger partial charge in [-0.3, -0.25) is 33.8 Å². The van der Waals surface area contributed by atoms with E-state index < -0.39 is 12.1 Å². The Kier molecular flexibility index (Phi) is 34.3. The molecule has 6 N–H and O–H groups in total. The number of hydrogen-bond donors (Lipinski definition) is 6. The second-order valence-corrected chi connectivity index (χ2v) is 20.2. The number of amides is 6. The van der Waals surface area contributed by atoms with E-state index in [1.165, 1.54) is 19.3 Å². The van der Waals surface area contributed by atoms with Gasteiger partial charge in [0.2, 0.25) is 29.5 Å². The van der Waals surface area contributed by atoms with E-state index in [0.717, 1.165) is 36.5 Å². The van der Waals surface area contributed by atoms with Crippen LogP contribution in [0.4, 0.5) is 0 Å². The van der Waals surface area contributed by atoms with Crippen LogP contribution in [0.5, 0.6) is 0 Å². The van der Waals surface area contributed by atoms with Crippen molar-refractivity contribution >= 4 is 57.0 Å². The molecule has 1 unspecified atom stereocenters. The van der Waals surface area contributed by atoms with E-state index in [1.54, 1.807) is 62.8 Å². The van der Waals surface area contributed by atoms with Crippen LogP contribution in [0.25, 0.3) is 0 Å². The third-order valence-electron chi connectivity index (χ3n) is 10.1. The molecule has 0 spiro atoms. The average Bonchev–Trinajstić information content (AvgIpc) is 3.24. The number of nitrogens with zero attached hydrogens (tertiary/aromatic N) is 6. The van der Waals surface area contributed by atoms with Crippen LogP contribution in [0.2, 0.25) is 0 Å². The lowest BCUT2D eigenvalue weighted by atomic mass is 10.1. The fourth-order valence-electron chi connectivity index (χ4n) is 6.68. The molecule has 2 atom stereocenters. The van der Waals surface area contributed by atoms with E-state index in [0.29, 0.717) is 96.4 Å². The first-order chi connectivity index (χ1) is 31.5. The highest BCUT2D eigenvalue weighted by Gasteiger charge is 2.23. The first-order valence-electron chi connectivity index (χ1n) is 23.8. The fraction of sp³-hybridized carbons (Fsp3) is 0.761. The normalized spacial score (nSPS) is 12.3. The smallest absolute Gasteiger partial charge is 0.256 e. The van der Waals surface area contributed by atoms with Crippen LogP contribution in [0.1, 0.15) is 94.3 Å². The predicted molar refractivity (Wildman–Crippen MR) is 270 cm³/mol. The highest BCUT2D eigenvalue weighted by Crippen LogP contribution is 2.34. The van der Waals surface area contributed by atoms with Crippen LogP contribution < -0.4 is 31.9 Å². The van der Waals surface area contributed by atoms with Crippen LogP contribution in [0, 0.1) is 0 Å². The fourth-order valence-corrected chi connectivity index (χ4v) is 8.97. The summed E-state index contributed by atoms with van der Waals surface area (Å²) in [6.45, 7) is 6.77. The summed E-state index contributed by atoms with van der Waals surface area (Å²) in [5.41, 5.74) is 0.515.